The standard InChI is InChI=1S/C10H15N3O/c1-3-7(2)8-6-10(14)13-9(12-8)4-5-11-13/h4,6-7,11-12H,3,5H2,1-2H3. The molecule has 0 saturated heterocycles. The van der Waals surface area contributed by atoms with Crippen molar-refractivity contribution in [3.63, 3.8) is 0 Å². The molecule has 4 nitrogen and oxygen atoms in total. The molecule has 0 bridgehead atoms. The number of hydrogen-bond donors (Lipinski definition) is 2. The van der Waals surface area contributed by atoms with Crippen molar-refractivity contribution in [2.75, 3.05) is 6.54 Å². The van der Waals surface area contributed by atoms with Gasteiger partial charge >= 0.3 is 0 Å². The number of hydrazine groups is 1. The zero-order valence-electron chi connectivity index (χ0n) is 8.50. The van der Waals surface area contributed by atoms with Gasteiger partial charge in [-0.05, 0) is 18.4 Å². The maximum Gasteiger partial charge on any atom is 0.268 e. The Bertz CT molecular complexity index is 319. The van der Waals surface area contributed by atoms with Gasteiger partial charge in [0.25, 0.3) is 5.91 Å². The Morgan fingerprint density at radius 3 is 3.14 bits per heavy atom. The van der Waals surface area contributed by atoms with Crippen molar-refractivity contribution in [3.8, 4) is 0 Å². The number of allylic oxidation sites excluding steroid dienone is 1. The minimum atomic E-state index is 0.0165. The molecule has 0 aromatic carbocycles. The van der Waals surface area contributed by atoms with Crippen LogP contribution in [0.4, 0.5) is 0 Å². The van der Waals surface area contributed by atoms with E-state index in [0.717, 1.165) is 24.5 Å². The molecule has 76 valence electrons. The molecule has 0 radical (unpaired) electrons. The fourth-order valence-corrected chi connectivity index (χ4v) is 1.58. The highest BCUT2D eigenvalue weighted by Crippen LogP contribution is 2.20. The van der Waals surface area contributed by atoms with Gasteiger partial charge in [-0.1, -0.05) is 13.8 Å². The van der Waals surface area contributed by atoms with Crippen LogP contribution in [0.1, 0.15) is 20.3 Å². The number of carbonyl (C=O) groups is 1. The molecular weight excluding hydrogens is 178 g/mol. The summed E-state index contributed by atoms with van der Waals surface area (Å²) < 4.78 is 0. The van der Waals surface area contributed by atoms with Crippen molar-refractivity contribution < 1.29 is 4.79 Å². The van der Waals surface area contributed by atoms with Crippen molar-refractivity contribution in [1.29, 1.82) is 0 Å². The van der Waals surface area contributed by atoms with Gasteiger partial charge in [0.15, 0.2) is 0 Å². The quantitative estimate of drug-likeness (QED) is 0.678. The van der Waals surface area contributed by atoms with Crippen LogP contribution in [0.2, 0.25) is 0 Å². The van der Waals surface area contributed by atoms with E-state index in [1.165, 1.54) is 0 Å². The number of nitrogens with zero attached hydrogens (tertiary/aromatic N) is 1. The van der Waals surface area contributed by atoms with E-state index >= 15 is 0 Å². The third-order valence-corrected chi connectivity index (χ3v) is 2.70. The highest BCUT2D eigenvalue weighted by Gasteiger charge is 2.27. The molecule has 2 aliphatic rings. The van der Waals surface area contributed by atoms with Gasteiger partial charge in [0.1, 0.15) is 5.82 Å². The number of amides is 1. The summed E-state index contributed by atoms with van der Waals surface area (Å²) in [5, 5.41) is 4.81. The van der Waals surface area contributed by atoms with Crippen LogP contribution in [0.15, 0.2) is 23.7 Å². The van der Waals surface area contributed by atoms with Crippen LogP contribution in [0.5, 0.6) is 0 Å². The maximum absolute atomic E-state index is 11.6. The fourth-order valence-electron chi connectivity index (χ4n) is 1.58. The molecule has 2 heterocycles. The average molecular weight is 193 g/mol. The highest BCUT2D eigenvalue weighted by atomic mass is 16.2. The summed E-state index contributed by atoms with van der Waals surface area (Å²) in [4.78, 5) is 11.6. The summed E-state index contributed by atoms with van der Waals surface area (Å²) in [6.45, 7) is 4.95. The van der Waals surface area contributed by atoms with E-state index in [4.69, 9.17) is 0 Å². The van der Waals surface area contributed by atoms with Gasteiger partial charge in [0.05, 0.1) is 0 Å². The van der Waals surface area contributed by atoms with E-state index < -0.39 is 0 Å². The second kappa shape index (κ2) is 3.46. The number of nitrogens with one attached hydrogen (secondary N) is 2. The molecule has 4 heteroatoms. The van der Waals surface area contributed by atoms with Gasteiger partial charge in [0, 0.05) is 18.3 Å². The van der Waals surface area contributed by atoms with Crippen molar-refractivity contribution in [2.24, 2.45) is 5.92 Å². The normalized spacial score (nSPS) is 22.4. The van der Waals surface area contributed by atoms with E-state index in [-0.39, 0.29) is 5.91 Å². The van der Waals surface area contributed by atoms with Gasteiger partial charge in [-0.25, -0.2) is 10.4 Å². The molecular formula is C10H15N3O. The van der Waals surface area contributed by atoms with Crippen LogP contribution in [0.3, 0.4) is 0 Å². The summed E-state index contributed by atoms with van der Waals surface area (Å²) in [5.74, 6) is 1.29. The van der Waals surface area contributed by atoms with E-state index in [9.17, 15) is 4.79 Å². The van der Waals surface area contributed by atoms with Gasteiger partial charge in [0.2, 0.25) is 0 Å². The maximum atomic E-state index is 11.6. The highest BCUT2D eigenvalue weighted by molar-refractivity contribution is 5.90. The first kappa shape index (κ1) is 9.27. The molecule has 2 N–H and O–H groups in total. The van der Waals surface area contributed by atoms with Gasteiger partial charge in [-0.3, -0.25) is 4.79 Å². The van der Waals surface area contributed by atoms with E-state index in [1.54, 1.807) is 11.1 Å². The summed E-state index contributed by atoms with van der Waals surface area (Å²) in [7, 11) is 0. The van der Waals surface area contributed by atoms with Crippen LogP contribution in [-0.2, 0) is 4.79 Å². The zero-order chi connectivity index (χ0) is 10.1. The Labute approximate surface area is 83.6 Å². The number of hydrogen-bond acceptors (Lipinski definition) is 3. The molecule has 0 saturated carbocycles. The number of fused-ring (bicyclic) bond motifs is 1. The molecule has 0 aromatic rings. The molecule has 0 aromatic heterocycles. The molecule has 1 unspecified atom stereocenters. The third kappa shape index (κ3) is 1.42. The lowest BCUT2D eigenvalue weighted by molar-refractivity contribution is -0.127. The third-order valence-electron chi connectivity index (χ3n) is 2.70. The Kier molecular flexibility index (Phi) is 2.29. The van der Waals surface area contributed by atoms with Crippen LogP contribution in [-0.4, -0.2) is 17.5 Å². The van der Waals surface area contributed by atoms with Crippen LogP contribution in [0.25, 0.3) is 0 Å². The Balaban J connectivity index is 2.22. The largest absolute Gasteiger partial charge is 0.344 e. The molecule has 2 aliphatic heterocycles. The van der Waals surface area contributed by atoms with E-state index in [0.29, 0.717) is 5.92 Å². The zero-order valence-corrected chi connectivity index (χ0v) is 8.50. The summed E-state index contributed by atoms with van der Waals surface area (Å²) in [5.41, 5.74) is 3.99. The topological polar surface area (TPSA) is 44.4 Å². The molecule has 2 rings (SSSR count). The Hall–Kier alpha value is -1.29. The minimum absolute atomic E-state index is 0.0165. The smallest absolute Gasteiger partial charge is 0.268 e. The number of carbonyl (C=O) groups excluding carboxylic acids is 1. The van der Waals surface area contributed by atoms with Crippen molar-refractivity contribution in [3.05, 3.63) is 23.7 Å². The van der Waals surface area contributed by atoms with Gasteiger partial charge in [-0.15, -0.1) is 0 Å². The summed E-state index contributed by atoms with van der Waals surface area (Å²) in [6.07, 6.45) is 4.68. The Morgan fingerprint density at radius 2 is 2.43 bits per heavy atom. The lowest BCUT2D eigenvalue weighted by atomic mass is 10.0. The molecule has 0 fully saturated rings. The van der Waals surface area contributed by atoms with Crippen LogP contribution < -0.4 is 10.7 Å². The van der Waals surface area contributed by atoms with Crippen LogP contribution in [0, 0.1) is 5.92 Å². The summed E-state index contributed by atoms with van der Waals surface area (Å²) >= 11 is 0. The molecule has 14 heavy (non-hydrogen) atoms. The molecule has 0 spiro atoms. The number of rotatable bonds is 2. The lowest BCUT2D eigenvalue weighted by Crippen LogP contribution is -2.44. The van der Waals surface area contributed by atoms with Gasteiger partial charge in [-0.2, -0.15) is 0 Å². The second-order valence-electron chi connectivity index (χ2n) is 3.66. The van der Waals surface area contributed by atoms with Gasteiger partial charge < -0.3 is 5.32 Å². The predicted molar refractivity (Wildman–Crippen MR) is 53.6 cm³/mol. The lowest BCUT2D eigenvalue weighted by Gasteiger charge is -2.28. The van der Waals surface area contributed by atoms with Crippen molar-refractivity contribution >= 4 is 5.91 Å². The van der Waals surface area contributed by atoms with E-state index in [2.05, 4.69) is 24.6 Å². The average Bonchev–Trinajstić information content (AvgIpc) is 2.64. The molecule has 1 atom stereocenters. The fraction of sp³-hybridized carbons (Fsp3) is 0.500. The van der Waals surface area contributed by atoms with E-state index in [1.807, 2.05) is 6.08 Å². The van der Waals surface area contributed by atoms with Crippen LogP contribution >= 0.6 is 0 Å². The monoisotopic (exact) mass is 193 g/mol. The molecule has 0 aliphatic carbocycles. The SMILES string of the molecule is CCC(C)C1=CC(=O)N2NCC=C2N1. The first-order valence-corrected chi connectivity index (χ1v) is 4.98. The predicted octanol–water partition coefficient (Wildman–Crippen LogP) is 0.708. The summed E-state index contributed by atoms with van der Waals surface area (Å²) in [6, 6.07) is 0. The first-order chi connectivity index (χ1) is 6.72. The molecule has 1 amide bonds. The van der Waals surface area contributed by atoms with Crippen molar-refractivity contribution in [2.45, 2.75) is 20.3 Å². The minimum Gasteiger partial charge on any atom is -0.344 e. The Morgan fingerprint density at radius 1 is 1.64 bits per heavy atom. The second-order valence-corrected chi connectivity index (χ2v) is 3.66. The first-order valence-electron chi connectivity index (χ1n) is 4.98. The van der Waals surface area contributed by atoms with Crippen molar-refractivity contribution in [1.82, 2.24) is 15.8 Å².